The minimum Gasteiger partial charge on any atom is -0.354 e. The number of nitrogens with one attached hydrogen (secondary N) is 1. The summed E-state index contributed by atoms with van der Waals surface area (Å²) < 4.78 is 1.87. The Kier molecular flexibility index (Phi) is 3.34. The van der Waals surface area contributed by atoms with Crippen molar-refractivity contribution in [3.05, 3.63) is 17.8 Å². The third kappa shape index (κ3) is 2.41. The first-order valence-electron chi connectivity index (χ1n) is 5.79. The average Bonchev–Trinajstić information content (AvgIpc) is 3.00. The van der Waals surface area contributed by atoms with Gasteiger partial charge in [0.1, 0.15) is 16.2 Å². The molecule has 0 bridgehead atoms. The number of aryl methyl sites for hydroxylation is 1. The molecular weight excluding hydrogens is 280 g/mol. The van der Waals surface area contributed by atoms with E-state index in [0.29, 0.717) is 5.95 Å². The molecule has 98 valence electrons. The number of aromatic nitrogens is 5. The molecule has 19 heavy (non-hydrogen) atoms. The first kappa shape index (κ1) is 12.4. The van der Waals surface area contributed by atoms with Crippen LogP contribution in [0, 0.1) is 0 Å². The second-order valence-corrected chi connectivity index (χ2v) is 5.70. The highest BCUT2D eigenvalue weighted by Crippen LogP contribution is 2.33. The van der Waals surface area contributed by atoms with Gasteiger partial charge >= 0.3 is 0 Å². The molecule has 0 aliphatic heterocycles. The Morgan fingerprint density at radius 3 is 3.05 bits per heavy atom. The van der Waals surface area contributed by atoms with Crippen molar-refractivity contribution in [3.63, 3.8) is 0 Å². The molecule has 0 unspecified atom stereocenters. The zero-order chi connectivity index (χ0) is 13.2. The lowest BCUT2D eigenvalue weighted by Crippen LogP contribution is -2.02. The summed E-state index contributed by atoms with van der Waals surface area (Å²) in [4.78, 5) is 10.0. The molecular formula is C11H12N6S2. The standard InChI is InChI=1S/C11H12N6S2/c1-3-12-10-14-8-7(4-5-18-8)9(15-10)19-11-16-13-6-17(11)2/h4-6H,3H2,1-2H3,(H,12,14,15). The van der Waals surface area contributed by atoms with E-state index >= 15 is 0 Å². The van der Waals surface area contributed by atoms with Gasteiger partial charge in [-0.25, -0.2) is 9.97 Å². The van der Waals surface area contributed by atoms with E-state index in [-0.39, 0.29) is 0 Å². The molecule has 8 heteroatoms. The van der Waals surface area contributed by atoms with E-state index in [0.717, 1.165) is 26.9 Å². The first-order valence-corrected chi connectivity index (χ1v) is 7.48. The molecule has 0 aliphatic carbocycles. The van der Waals surface area contributed by atoms with Crippen molar-refractivity contribution in [1.82, 2.24) is 24.7 Å². The fourth-order valence-corrected chi connectivity index (χ4v) is 3.28. The molecule has 0 saturated heterocycles. The van der Waals surface area contributed by atoms with E-state index < -0.39 is 0 Å². The zero-order valence-electron chi connectivity index (χ0n) is 10.5. The van der Waals surface area contributed by atoms with Crippen molar-refractivity contribution in [1.29, 1.82) is 0 Å². The number of fused-ring (bicyclic) bond motifs is 1. The number of hydrogen-bond acceptors (Lipinski definition) is 7. The number of rotatable bonds is 4. The Morgan fingerprint density at radius 2 is 2.32 bits per heavy atom. The average molecular weight is 292 g/mol. The highest BCUT2D eigenvalue weighted by molar-refractivity contribution is 7.99. The lowest BCUT2D eigenvalue weighted by Gasteiger charge is -2.05. The van der Waals surface area contributed by atoms with Crippen molar-refractivity contribution < 1.29 is 0 Å². The largest absolute Gasteiger partial charge is 0.354 e. The molecule has 3 rings (SSSR count). The number of thiophene rings is 1. The summed E-state index contributed by atoms with van der Waals surface area (Å²) in [5.41, 5.74) is 0. The van der Waals surface area contributed by atoms with Gasteiger partial charge in [-0.15, -0.1) is 21.5 Å². The number of anilines is 1. The molecule has 6 nitrogen and oxygen atoms in total. The molecule has 1 N–H and O–H groups in total. The van der Waals surface area contributed by atoms with Crippen LogP contribution in [-0.4, -0.2) is 31.3 Å². The van der Waals surface area contributed by atoms with Gasteiger partial charge in [0.2, 0.25) is 5.95 Å². The zero-order valence-corrected chi connectivity index (χ0v) is 12.1. The predicted molar refractivity (Wildman–Crippen MR) is 76.7 cm³/mol. The molecule has 0 aliphatic rings. The first-order chi connectivity index (χ1) is 9.28. The summed E-state index contributed by atoms with van der Waals surface area (Å²) in [6, 6.07) is 2.04. The fraction of sp³-hybridized carbons (Fsp3) is 0.273. The van der Waals surface area contributed by atoms with Crippen molar-refractivity contribution in [2.75, 3.05) is 11.9 Å². The maximum Gasteiger partial charge on any atom is 0.225 e. The van der Waals surface area contributed by atoms with Crippen LogP contribution in [0.4, 0.5) is 5.95 Å². The van der Waals surface area contributed by atoms with E-state index in [1.165, 1.54) is 11.8 Å². The van der Waals surface area contributed by atoms with Gasteiger partial charge in [0.15, 0.2) is 5.16 Å². The van der Waals surface area contributed by atoms with E-state index in [4.69, 9.17) is 0 Å². The molecule has 3 heterocycles. The molecule has 0 amide bonds. The molecule has 0 radical (unpaired) electrons. The Morgan fingerprint density at radius 1 is 1.42 bits per heavy atom. The van der Waals surface area contributed by atoms with Gasteiger partial charge in [0.05, 0.1) is 0 Å². The molecule has 0 atom stereocenters. The van der Waals surface area contributed by atoms with Gasteiger partial charge < -0.3 is 9.88 Å². The van der Waals surface area contributed by atoms with Crippen LogP contribution in [0.2, 0.25) is 0 Å². The smallest absolute Gasteiger partial charge is 0.225 e. The molecule has 0 saturated carbocycles. The fourth-order valence-electron chi connectivity index (χ4n) is 1.59. The predicted octanol–water partition coefficient (Wildman–Crippen LogP) is 2.40. The number of hydrogen-bond donors (Lipinski definition) is 1. The van der Waals surface area contributed by atoms with Crippen LogP contribution >= 0.6 is 23.1 Å². The maximum atomic E-state index is 4.55. The minimum atomic E-state index is 0.655. The van der Waals surface area contributed by atoms with Gasteiger partial charge in [-0.2, -0.15) is 0 Å². The van der Waals surface area contributed by atoms with E-state index in [2.05, 4.69) is 25.5 Å². The molecule has 0 fully saturated rings. The van der Waals surface area contributed by atoms with E-state index in [9.17, 15) is 0 Å². The summed E-state index contributed by atoms with van der Waals surface area (Å²) in [5.74, 6) is 0.655. The summed E-state index contributed by atoms with van der Waals surface area (Å²) >= 11 is 3.11. The van der Waals surface area contributed by atoms with Crippen molar-refractivity contribution in [2.45, 2.75) is 17.1 Å². The Bertz CT molecular complexity index is 704. The highest BCUT2D eigenvalue weighted by atomic mass is 32.2. The van der Waals surface area contributed by atoms with Crippen molar-refractivity contribution >= 4 is 39.3 Å². The van der Waals surface area contributed by atoms with Crippen LogP contribution in [0.25, 0.3) is 10.2 Å². The quantitative estimate of drug-likeness (QED) is 0.745. The molecule has 3 aromatic heterocycles. The van der Waals surface area contributed by atoms with Crippen LogP contribution in [0.15, 0.2) is 28.0 Å². The van der Waals surface area contributed by atoms with Crippen molar-refractivity contribution in [2.24, 2.45) is 7.05 Å². The second kappa shape index (κ2) is 5.14. The third-order valence-electron chi connectivity index (χ3n) is 2.48. The van der Waals surface area contributed by atoms with E-state index in [1.54, 1.807) is 17.7 Å². The van der Waals surface area contributed by atoms with Crippen molar-refractivity contribution in [3.8, 4) is 0 Å². The summed E-state index contributed by atoms with van der Waals surface area (Å²) in [5, 5.41) is 15.9. The normalized spacial score (nSPS) is 11.1. The molecule has 3 aromatic rings. The summed E-state index contributed by atoms with van der Waals surface area (Å²) in [6.07, 6.45) is 1.68. The van der Waals surface area contributed by atoms with Crippen LogP contribution in [0.3, 0.4) is 0 Å². The van der Waals surface area contributed by atoms with Crippen LogP contribution in [-0.2, 0) is 7.05 Å². The molecule has 0 aromatic carbocycles. The van der Waals surface area contributed by atoms with Crippen LogP contribution in [0.5, 0.6) is 0 Å². The number of nitrogens with zero attached hydrogens (tertiary/aromatic N) is 5. The van der Waals surface area contributed by atoms with Gasteiger partial charge in [-0.1, -0.05) is 0 Å². The summed E-state index contributed by atoms with van der Waals surface area (Å²) in [7, 11) is 1.92. The second-order valence-electron chi connectivity index (χ2n) is 3.85. The summed E-state index contributed by atoms with van der Waals surface area (Å²) in [6.45, 7) is 2.82. The molecule has 0 spiro atoms. The monoisotopic (exact) mass is 292 g/mol. The van der Waals surface area contributed by atoms with E-state index in [1.807, 2.05) is 30.0 Å². The topological polar surface area (TPSA) is 68.5 Å². The van der Waals surface area contributed by atoms with Gasteiger partial charge in [0.25, 0.3) is 0 Å². The van der Waals surface area contributed by atoms with Gasteiger partial charge in [-0.05, 0) is 30.1 Å². The SMILES string of the molecule is CCNc1nc(Sc2nncn2C)c2ccsc2n1. The Hall–Kier alpha value is -1.67. The minimum absolute atomic E-state index is 0.655. The maximum absolute atomic E-state index is 4.55. The Labute approximate surface area is 118 Å². The lowest BCUT2D eigenvalue weighted by atomic mass is 10.4. The highest BCUT2D eigenvalue weighted by Gasteiger charge is 2.12. The third-order valence-corrected chi connectivity index (χ3v) is 4.35. The van der Waals surface area contributed by atoms with Crippen LogP contribution in [0.1, 0.15) is 6.92 Å². The van der Waals surface area contributed by atoms with Crippen LogP contribution < -0.4 is 5.32 Å². The van der Waals surface area contributed by atoms with Gasteiger partial charge in [0, 0.05) is 19.0 Å². The lowest BCUT2D eigenvalue weighted by molar-refractivity contribution is 0.787. The Balaban J connectivity index is 2.05. The van der Waals surface area contributed by atoms with Gasteiger partial charge in [-0.3, -0.25) is 0 Å².